The summed E-state index contributed by atoms with van der Waals surface area (Å²) in [6, 6.07) is 0.470. The number of nitrogens with zero attached hydrogens (tertiary/aromatic N) is 1. The average molecular weight is 771 g/mol. The van der Waals surface area contributed by atoms with Crippen molar-refractivity contribution in [2.75, 3.05) is 7.05 Å². The zero-order chi connectivity index (χ0) is 16.3. The first-order valence-electron chi connectivity index (χ1n) is 7.25. The molecule has 0 spiro atoms. The van der Waals surface area contributed by atoms with Crippen molar-refractivity contribution in [1.82, 2.24) is 4.90 Å². The third kappa shape index (κ3) is 2.97. The van der Waals surface area contributed by atoms with Gasteiger partial charge >= 0.3 is 0 Å². The van der Waals surface area contributed by atoms with Gasteiger partial charge < -0.3 is 4.90 Å². The minimum absolute atomic E-state index is 0.470. The first-order valence-corrected chi connectivity index (χ1v) is 12.5. The summed E-state index contributed by atoms with van der Waals surface area (Å²) >= 11 is 12.1. The molecule has 0 aromatic rings. The van der Waals surface area contributed by atoms with Crippen LogP contribution in [0.15, 0.2) is 61.4 Å². The number of thioether (sulfide) groups is 1. The Labute approximate surface area is 195 Å². The maximum absolute atomic E-state index is 2.58. The number of likely N-dealkylation sites (N-methyl/N-ethyl adjacent to an activating group) is 1. The van der Waals surface area contributed by atoms with E-state index in [2.05, 4.69) is 138 Å². The summed E-state index contributed by atoms with van der Waals surface area (Å²) in [6.45, 7) is 0. The lowest BCUT2D eigenvalue weighted by Gasteiger charge is -2.33. The largest absolute Gasteiger partial charge is 0.366 e. The van der Waals surface area contributed by atoms with E-state index in [9.17, 15) is 0 Å². The second kappa shape index (κ2) is 6.91. The molecule has 2 heterocycles. The Hall–Kier alpha value is 1.51. The fourth-order valence-corrected chi connectivity index (χ4v) is 8.66. The van der Waals surface area contributed by atoms with Gasteiger partial charge in [0, 0.05) is 40.9 Å². The van der Waals surface area contributed by atoms with E-state index in [1.165, 1.54) is 25.6 Å². The first kappa shape index (κ1) is 17.9. The standard InChI is InChI=1S/C17H13I4NS/c1-22-14(7-9-11(18)2-3-12(19)16(9)22)10-6-13(20)8-4-5-23-17(8)15(10)21/h2-9,16-17H,1H3. The highest BCUT2D eigenvalue weighted by atomic mass is 127. The molecule has 0 amide bonds. The lowest BCUT2D eigenvalue weighted by Crippen LogP contribution is -2.33. The third-order valence-electron chi connectivity index (χ3n) is 4.70. The number of allylic oxidation sites excluding steroid dienone is 5. The smallest absolute Gasteiger partial charge is 0.0704 e. The molecule has 0 saturated carbocycles. The lowest BCUT2D eigenvalue weighted by atomic mass is 9.94. The Morgan fingerprint density at radius 1 is 1.00 bits per heavy atom. The average Bonchev–Trinajstić information content (AvgIpc) is 3.13. The third-order valence-corrected chi connectivity index (χ3v) is 10.6. The Morgan fingerprint density at radius 3 is 2.48 bits per heavy atom. The molecule has 2 aliphatic heterocycles. The molecular weight excluding hydrogens is 758 g/mol. The number of fused-ring (bicyclic) bond motifs is 2. The molecule has 0 bridgehead atoms. The van der Waals surface area contributed by atoms with Crippen LogP contribution in [0.25, 0.3) is 0 Å². The van der Waals surface area contributed by atoms with Gasteiger partial charge in [0.05, 0.1) is 11.3 Å². The van der Waals surface area contributed by atoms with Crippen molar-refractivity contribution in [3.63, 3.8) is 0 Å². The van der Waals surface area contributed by atoms with Crippen molar-refractivity contribution in [1.29, 1.82) is 0 Å². The van der Waals surface area contributed by atoms with Crippen LogP contribution in [0.2, 0.25) is 0 Å². The highest BCUT2D eigenvalue weighted by Crippen LogP contribution is 2.51. The van der Waals surface area contributed by atoms with Gasteiger partial charge in [0.2, 0.25) is 0 Å². The second-order valence-corrected chi connectivity index (χ2v) is 11.9. The Kier molecular flexibility index (Phi) is 5.38. The fraction of sp³-hybridized carbons (Fsp3) is 0.294. The monoisotopic (exact) mass is 771 g/mol. The molecule has 0 aromatic heterocycles. The van der Waals surface area contributed by atoms with Gasteiger partial charge in [-0.1, -0.05) is 18.2 Å². The van der Waals surface area contributed by atoms with Gasteiger partial charge in [-0.15, -0.1) is 11.8 Å². The predicted octanol–water partition coefficient (Wildman–Crippen LogP) is 6.72. The summed E-state index contributed by atoms with van der Waals surface area (Å²) in [5.74, 6) is 1.08. The number of hydrogen-bond acceptors (Lipinski definition) is 2. The van der Waals surface area contributed by atoms with Gasteiger partial charge in [0.15, 0.2) is 0 Å². The predicted molar refractivity (Wildman–Crippen MR) is 134 cm³/mol. The van der Waals surface area contributed by atoms with Crippen LogP contribution in [0.3, 0.4) is 0 Å². The van der Waals surface area contributed by atoms with Crippen LogP contribution >= 0.6 is 102 Å². The summed E-state index contributed by atoms with van der Waals surface area (Å²) in [7, 11) is 2.25. The maximum atomic E-state index is 2.58. The van der Waals surface area contributed by atoms with Crippen LogP contribution in [0, 0.1) is 11.8 Å². The van der Waals surface area contributed by atoms with Crippen LogP contribution in [-0.4, -0.2) is 23.2 Å². The van der Waals surface area contributed by atoms with Crippen molar-refractivity contribution < 1.29 is 0 Å². The lowest BCUT2D eigenvalue weighted by molar-refractivity contribution is 0.359. The SMILES string of the molecule is CN1C(C2=C(I)C3SC=CC3C(I)=C2)=CC2C(I)=CC=C(I)C21. The molecular formula is C17H13I4NS. The Morgan fingerprint density at radius 2 is 1.74 bits per heavy atom. The normalized spacial score (nSPS) is 35.6. The molecule has 4 atom stereocenters. The molecule has 6 heteroatoms. The zero-order valence-electron chi connectivity index (χ0n) is 12.1. The van der Waals surface area contributed by atoms with E-state index in [4.69, 9.17) is 0 Å². The van der Waals surface area contributed by atoms with Crippen LogP contribution < -0.4 is 0 Å². The topological polar surface area (TPSA) is 3.24 Å². The number of rotatable bonds is 1. The Balaban J connectivity index is 1.77. The van der Waals surface area contributed by atoms with Crippen LogP contribution in [-0.2, 0) is 0 Å². The minimum Gasteiger partial charge on any atom is -0.366 e. The molecule has 2 aliphatic carbocycles. The van der Waals surface area contributed by atoms with Crippen molar-refractivity contribution >= 4 is 102 Å². The van der Waals surface area contributed by atoms with Gasteiger partial charge in [-0.3, -0.25) is 0 Å². The fourth-order valence-electron chi connectivity index (χ4n) is 3.51. The quantitative estimate of drug-likeness (QED) is 0.273. The maximum Gasteiger partial charge on any atom is 0.0704 e. The summed E-state index contributed by atoms with van der Waals surface area (Å²) < 4.78 is 5.83. The molecule has 23 heavy (non-hydrogen) atoms. The van der Waals surface area contributed by atoms with Gasteiger partial charge in [-0.25, -0.2) is 0 Å². The van der Waals surface area contributed by atoms with Gasteiger partial charge in [0.25, 0.3) is 0 Å². The molecule has 4 aliphatic rings. The molecule has 0 radical (unpaired) electrons. The molecule has 4 unspecified atom stereocenters. The highest BCUT2D eigenvalue weighted by molar-refractivity contribution is 14.1. The van der Waals surface area contributed by atoms with Crippen LogP contribution in [0.5, 0.6) is 0 Å². The Bertz CT molecular complexity index is 759. The van der Waals surface area contributed by atoms with Crippen molar-refractivity contribution in [2.24, 2.45) is 11.8 Å². The van der Waals surface area contributed by atoms with E-state index in [0.29, 0.717) is 23.1 Å². The van der Waals surface area contributed by atoms with Gasteiger partial charge in [-0.2, -0.15) is 0 Å². The summed E-state index contributed by atoms with van der Waals surface area (Å²) in [5, 5.41) is 2.84. The first-order chi connectivity index (χ1) is 11.0. The van der Waals surface area contributed by atoms with Crippen molar-refractivity contribution in [3.05, 3.63) is 61.4 Å². The molecule has 0 fully saturated rings. The van der Waals surface area contributed by atoms with Crippen molar-refractivity contribution in [3.8, 4) is 0 Å². The van der Waals surface area contributed by atoms with E-state index in [1.807, 2.05) is 11.8 Å². The van der Waals surface area contributed by atoms with Gasteiger partial charge in [0.1, 0.15) is 0 Å². The summed E-state index contributed by atoms with van der Waals surface area (Å²) in [5.41, 5.74) is 2.83. The summed E-state index contributed by atoms with van der Waals surface area (Å²) in [6.07, 6.45) is 11.8. The molecule has 4 rings (SSSR count). The zero-order valence-corrected chi connectivity index (χ0v) is 21.6. The molecule has 0 saturated heterocycles. The van der Waals surface area contributed by atoms with E-state index >= 15 is 0 Å². The van der Waals surface area contributed by atoms with Crippen molar-refractivity contribution in [2.45, 2.75) is 11.3 Å². The van der Waals surface area contributed by atoms with E-state index in [0.717, 1.165) is 0 Å². The van der Waals surface area contributed by atoms with Gasteiger partial charge in [-0.05, 0) is 112 Å². The van der Waals surface area contributed by atoms with E-state index in [1.54, 1.807) is 0 Å². The molecule has 0 aromatic carbocycles. The van der Waals surface area contributed by atoms with Crippen LogP contribution in [0.4, 0.5) is 0 Å². The van der Waals surface area contributed by atoms with E-state index < -0.39 is 0 Å². The molecule has 1 nitrogen and oxygen atoms in total. The van der Waals surface area contributed by atoms with Crippen LogP contribution in [0.1, 0.15) is 0 Å². The second-order valence-electron chi connectivity index (χ2n) is 5.94. The molecule has 120 valence electrons. The summed E-state index contributed by atoms with van der Waals surface area (Å²) in [4.78, 5) is 2.48. The number of halogens is 4. The minimum atomic E-state index is 0.470. The van der Waals surface area contributed by atoms with E-state index in [-0.39, 0.29) is 0 Å². The number of hydrogen-bond donors (Lipinski definition) is 0. The molecule has 0 N–H and O–H groups in total. The highest BCUT2D eigenvalue weighted by Gasteiger charge is 2.40.